The molecule has 0 aromatic carbocycles. The molecule has 4 fully saturated rings. The SMILES string of the molecule is C[C@H]1COCCN1C[C@H]1CN(S(=O)(=O)c2cccs2)CCN1c1ncc(C(C)(C)O)cn1.C[C@H]1COCCN1C[C@H]1CN(S(=O)(=O)c2cccs2)CCN1c1ncc(C(C)(C)O)cn1. The third kappa shape index (κ3) is 11.5. The van der Waals surface area contributed by atoms with E-state index in [2.05, 4.69) is 53.4 Å². The van der Waals surface area contributed by atoms with Crippen LogP contribution in [0.2, 0.25) is 0 Å². The molecule has 0 saturated carbocycles. The normalized spacial score (nSPS) is 24.1. The van der Waals surface area contributed by atoms with Crippen molar-refractivity contribution in [2.75, 3.05) is 102 Å². The number of sulfonamides is 2. The van der Waals surface area contributed by atoms with Crippen molar-refractivity contribution in [3.8, 4) is 0 Å². The molecule has 0 aliphatic carbocycles. The number of anilines is 2. The Labute approximate surface area is 385 Å². The number of aromatic nitrogens is 4. The van der Waals surface area contributed by atoms with Crippen molar-refractivity contribution in [1.82, 2.24) is 38.3 Å². The fourth-order valence-corrected chi connectivity index (χ4v) is 13.4. The van der Waals surface area contributed by atoms with Crippen LogP contribution in [0.5, 0.6) is 0 Å². The molecule has 22 heteroatoms. The fraction of sp³-hybridized carbons (Fsp3) is 0.619. The summed E-state index contributed by atoms with van der Waals surface area (Å²) in [7, 11) is -7.06. The van der Waals surface area contributed by atoms with Crippen LogP contribution in [0, 0.1) is 0 Å². The minimum Gasteiger partial charge on any atom is -0.386 e. The third-order valence-corrected chi connectivity index (χ3v) is 18.6. The van der Waals surface area contributed by atoms with E-state index in [4.69, 9.17) is 9.47 Å². The summed E-state index contributed by atoms with van der Waals surface area (Å²) in [6, 6.07) is 7.14. The predicted octanol–water partition coefficient (Wildman–Crippen LogP) is 2.73. The Bertz CT molecular complexity index is 2150. The lowest BCUT2D eigenvalue weighted by molar-refractivity contribution is -0.00454. The second-order valence-corrected chi connectivity index (χ2v) is 24.0. The van der Waals surface area contributed by atoms with Crippen molar-refractivity contribution >= 4 is 54.6 Å². The summed E-state index contributed by atoms with van der Waals surface area (Å²) in [6.45, 7) is 19.2. The van der Waals surface area contributed by atoms with Crippen molar-refractivity contribution in [3.63, 3.8) is 0 Å². The topological polar surface area (TPSA) is 198 Å². The maximum atomic E-state index is 13.2. The molecule has 4 aromatic heterocycles. The second kappa shape index (κ2) is 20.3. The first-order valence-electron chi connectivity index (χ1n) is 21.7. The van der Waals surface area contributed by atoms with Crippen molar-refractivity contribution < 1.29 is 36.5 Å². The smallest absolute Gasteiger partial charge is 0.252 e. The van der Waals surface area contributed by atoms with E-state index in [9.17, 15) is 27.0 Å². The highest BCUT2D eigenvalue weighted by Crippen LogP contribution is 2.29. The van der Waals surface area contributed by atoms with Gasteiger partial charge < -0.3 is 29.5 Å². The average Bonchev–Trinajstić information content (AvgIpc) is 4.03. The van der Waals surface area contributed by atoms with Crippen molar-refractivity contribution in [2.24, 2.45) is 0 Å². The predicted molar refractivity (Wildman–Crippen MR) is 247 cm³/mol. The molecule has 4 saturated heterocycles. The van der Waals surface area contributed by atoms with Gasteiger partial charge in [0, 0.05) is 113 Å². The van der Waals surface area contributed by atoms with E-state index in [1.165, 1.54) is 22.7 Å². The van der Waals surface area contributed by atoms with Crippen LogP contribution in [0.15, 0.2) is 68.2 Å². The quantitative estimate of drug-likeness (QED) is 0.210. The molecule has 4 aromatic rings. The van der Waals surface area contributed by atoms with E-state index in [-0.39, 0.29) is 24.2 Å². The minimum atomic E-state index is -3.53. The summed E-state index contributed by atoms with van der Waals surface area (Å²) < 4.78 is 67.7. The van der Waals surface area contributed by atoms with Crippen LogP contribution >= 0.6 is 22.7 Å². The Morgan fingerprint density at radius 2 is 1.00 bits per heavy atom. The van der Waals surface area contributed by atoms with Gasteiger partial charge in [-0.05, 0) is 64.4 Å². The van der Waals surface area contributed by atoms with Gasteiger partial charge in [-0.3, -0.25) is 9.80 Å². The van der Waals surface area contributed by atoms with E-state index in [1.54, 1.807) is 96.1 Å². The minimum absolute atomic E-state index is 0.105. The monoisotopic (exact) mass is 962 g/mol. The summed E-state index contributed by atoms with van der Waals surface area (Å²) in [5, 5.41) is 24.0. The Morgan fingerprint density at radius 3 is 1.31 bits per heavy atom. The lowest BCUT2D eigenvalue weighted by atomic mass is 10.0. The van der Waals surface area contributed by atoms with E-state index in [0.29, 0.717) is 110 Å². The molecule has 18 nitrogen and oxygen atoms in total. The molecule has 4 atom stereocenters. The molecule has 4 aliphatic rings. The molecule has 0 bridgehead atoms. The Kier molecular flexibility index (Phi) is 15.4. The third-order valence-electron chi connectivity index (χ3n) is 12.2. The molecule has 4 aliphatic heterocycles. The molecular formula is C42H62N10O8S4. The average molecular weight is 963 g/mol. The van der Waals surface area contributed by atoms with Gasteiger partial charge in [0.25, 0.3) is 20.0 Å². The molecule has 8 heterocycles. The van der Waals surface area contributed by atoms with Gasteiger partial charge in [-0.1, -0.05) is 12.1 Å². The molecule has 0 amide bonds. The summed E-state index contributed by atoms with van der Waals surface area (Å²) >= 11 is 2.49. The number of piperazine rings is 2. The first kappa shape index (κ1) is 48.7. The van der Waals surface area contributed by atoms with E-state index >= 15 is 0 Å². The standard InChI is InChI=1S/2C21H31N5O4S2/c2*1-16-15-30-9-8-24(16)13-18-14-25(32(28,29)19-5-4-10-31-19)6-7-26(18)20-22-11-17(12-23-20)21(2,3)27/h2*4-5,10-12,16,18,27H,6-9,13-15H2,1-3H3/t2*16-,18-/m00/s1. The lowest BCUT2D eigenvalue weighted by Gasteiger charge is -2.44. The first-order chi connectivity index (χ1) is 30.3. The Balaban J connectivity index is 0.000000191. The van der Waals surface area contributed by atoms with Gasteiger partial charge in [-0.2, -0.15) is 8.61 Å². The number of hydrogen-bond donors (Lipinski definition) is 2. The molecule has 0 unspecified atom stereocenters. The summed E-state index contributed by atoms with van der Waals surface area (Å²) in [5.74, 6) is 1.11. The van der Waals surface area contributed by atoms with Gasteiger partial charge in [0.2, 0.25) is 11.9 Å². The molecule has 64 heavy (non-hydrogen) atoms. The Hall–Kier alpha value is -3.26. The second-order valence-electron chi connectivity index (χ2n) is 17.8. The van der Waals surface area contributed by atoms with Gasteiger partial charge in [-0.25, -0.2) is 36.8 Å². The maximum Gasteiger partial charge on any atom is 0.252 e. The van der Waals surface area contributed by atoms with E-state index < -0.39 is 31.2 Å². The highest BCUT2D eigenvalue weighted by atomic mass is 32.3. The maximum absolute atomic E-state index is 13.2. The van der Waals surface area contributed by atoms with Gasteiger partial charge in [0.1, 0.15) is 8.42 Å². The molecule has 8 rings (SSSR count). The van der Waals surface area contributed by atoms with Crippen LogP contribution in [-0.4, -0.2) is 181 Å². The highest BCUT2D eigenvalue weighted by Gasteiger charge is 2.39. The molecule has 0 radical (unpaired) electrons. The van der Waals surface area contributed by atoms with Crippen LogP contribution < -0.4 is 9.80 Å². The summed E-state index contributed by atoms with van der Waals surface area (Å²) in [4.78, 5) is 26.9. The van der Waals surface area contributed by atoms with E-state index in [1.807, 2.05) is 0 Å². The van der Waals surface area contributed by atoms with Gasteiger partial charge in [0.15, 0.2) is 0 Å². The number of ether oxygens (including phenoxy) is 2. The van der Waals surface area contributed by atoms with Crippen LogP contribution in [0.1, 0.15) is 52.7 Å². The van der Waals surface area contributed by atoms with Gasteiger partial charge >= 0.3 is 0 Å². The zero-order valence-corrected chi connectivity index (χ0v) is 40.7. The zero-order valence-electron chi connectivity index (χ0n) is 37.4. The number of nitrogens with zero attached hydrogens (tertiary/aromatic N) is 10. The number of rotatable bonds is 12. The molecule has 352 valence electrons. The van der Waals surface area contributed by atoms with Crippen LogP contribution in [0.4, 0.5) is 11.9 Å². The molecular weight excluding hydrogens is 901 g/mol. The zero-order chi connectivity index (χ0) is 45.9. The summed E-state index contributed by atoms with van der Waals surface area (Å²) in [6.07, 6.45) is 6.58. The largest absolute Gasteiger partial charge is 0.386 e. The van der Waals surface area contributed by atoms with Crippen LogP contribution in [0.25, 0.3) is 0 Å². The van der Waals surface area contributed by atoms with Gasteiger partial charge in [0.05, 0.1) is 49.7 Å². The van der Waals surface area contributed by atoms with Crippen molar-refractivity contribution in [3.05, 3.63) is 70.9 Å². The lowest BCUT2D eigenvalue weighted by Crippen LogP contribution is -2.60. The Morgan fingerprint density at radius 1 is 0.625 bits per heavy atom. The number of aliphatic hydroxyl groups is 2. The van der Waals surface area contributed by atoms with Crippen LogP contribution in [0.3, 0.4) is 0 Å². The van der Waals surface area contributed by atoms with E-state index in [0.717, 1.165) is 13.1 Å². The van der Waals surface area contributed by atoms with Gasteiger partial charge in [-0.15, -0.1) is 22.7 Å². The highest BCUT2D eigenvalue weighted by molar-refractivity contribution is 7.91. The van der Waals surface area contributed by atoms with Crippen molar-refractivity contribution in [1.29, 1.82) is 0 Å². The van der Waals surface area contributed by atoms with Crippen molar-refractivity contribution in [2.45, 2.75) is 85.3 Å². The first-order valence-corrected chi connectivity index (χ1v) is 26.3. The number of thiophene rings is 2. The summed E-state index contributed by atoms with van der Waals surface area (Å²) in [5.41, 5.74) is -0.763. The fourth-order valence-electron chi connectivity index (χ4n) is 8.18. The number of hydrogen-bond acceptors (Lipinski definition) is 18. The number of morpholine rings is 2. The molecule has 0 spiro atoms. The van der Waals surface area contributed by atoms with Crippen LogP contribution in [-0.2, 0) is 40.7 Å². The molecule has 2 N–H and O–H groups in total.